The third kappa shape index (κ3) is 2.75. The van der Waals surface area contributed by atoms with Gasteiger partial charge in [0.25, 0.3) is 0 Å². The van der Waals surface area contributed by atoms with Crippen LogP contribution in [-0.4, -0.2) is 7.11 Å². The Morgan fingerprint density at radius 2 is 1.89 bits per heavy atom. The van der Waals surface area contributed by atoms with E-state index in [0.717, 1.165) is 11.1 Å². The van der Waals surface area contributed by atoms with Crippen LogP contribution in [0.2, 0.25) is 0 Å². The Kier molecular flexibility index (Phi) is 4.14. The van der Waals surface area contributed by atoms with Gasteiger partial charge in [0.05, 0.1) is 13.2 Å². The summed E-state index contributed by atoms with van der Waals surface area (Å²) in [5.41, 5.74) is 5.03. The summed E-state index contributed by atoms with van der Waals surface area (Å²) in [6.07, 6.45) is 0. The predicted octanol–water partition coefficient (Wildman–Crippen LogP) is 2.70. The maximum absolute atomic E-state index is 13.9. The lowest BCUT2D eigenvalue weighted by atomic mass is 9.96. The molecule has 0 aliphatic rings. The Morgan fingerprint density at radius 1 is 1.16 bits per heavy atom. The minimum Gasteiger partial charge on any atom is -0.496 e. The van der Waals surface area contributed by atoms with Gasteiger partial charge in [-0.15, -0.1) is 0 Å². The van der Waals surface area contributed by atoms with Crippen molar-refractivity contribution in [1.29, 1.82) is 0 Å². The molecule has 0 bridgehead atoms. The molecule has 1 atom stereocenters. The first kappa shape index (κ1) is 13.5. The van der Waals surface area contributed by atoms with Crippen LogP contribution in [0.3, 0.4) is 0 Å². The highest BCUT2D eigenvalue weighted by Crippen LogP contribution is 2.31. The molecule has 2 rings (SSSR count). The second-order valence-corrected chi connectivity index (χ2v) is 4.37. The Labute approximate surface area is 112 Å². The van der Waals surface area contributed by atoms with Crippen molar-refractivity contribution in [1.82, 2.24) is 5.43 Å². The van der Waals surface area contributed by atoms with Crippen LogP contribution in [0.4, 0.5) is 4.39 Å². The van der Waals surface area contributed by atoms with Gasteiger partial charge in [0.1, 0.15) is 11.6 Å². The molecule has 0 spiro atoms. The molecule has 2 aromatic carbocycles. The first-order valence-corrected chi connectivity index (χ1v) is 6.02. The van der Waals surface area contributed by atoms with E-state index in [1.54, 1.807) is 25.3 Å². The van der Waals surface area contributed by atoms with Crippen molar-refractivity contribution >= 4 is 0 Å². The molecule has 2 aromatic rings. The van der Waals surface area contributed by atoms with Crippen LogP contribution >= 0.6 is 0 Å². The lowest BCUT2D eigenvalue weighted by Gasteiger charge is -2.20. The van der Waals surface area contributed by atoms with Crippen molar-refractivity contribution in [3.8, 4) is 5.75 Å². The number of hydrazine groups is 1. The normalized spacial score (nSPS) is 12.2. The molecule has 1 unspecified atom stereocenters. The summed E-state index contributed by atoms with van der Waals surface area (Å²) in [6, 6.07) is 11.9. The van der Waals surface area contributed by atoms with E-state index in [2.05, 4.69) is 5.43 Å². The van der Waals surface area contributed by atoms with Crippen molar-refractivity contribution in [2.75, 3.05) is 7.11 Å². The van der Waals surface area contributed by atoms with Crippen LogP contribution in [0.25, 0.3) is 0 Å². The fourth-order valence-corrected chi connectivity index (χ4v) is 2.14. The van der Waals surface area contributed by atoms with E-state index in [0.29, 0.717) is 11.3 Å². The molecule has 0 heterocycles. The van der Waals surface area contributed by atoms with Crippen molar-refractivity contribution in [2.24, 2.45) is 5.84 Å². The lowest BCUT2D eigenvalue weighted by molar-refractivity contribution is 0.403. The average molecular weight is 260 g/mol. The molecule has 0 saturated carbocycles. The minimum atomic E-state index is -0.448. The van der Waals surface area contributed by atoms with Gasteiger partial charge in [-0.25, -0.2) is 9.82 Å². The maximum Gasteiger partial charge on any atom is 0.128 e. The summed E-state index contributed by atoms with van der Waals surface area (Å²) in [5, 5.41) is 0. The Balaban J connectivity index is 2.54. The second kappa shape index (κ2) is 5.82. The average Bonchev–Trinajstić information content (AvgIpc) is 2.42. The van der Waals surface area contributed by atoms with Gasteiger partial charge in [0.15, 0.2) is 0 Å². The van der Waals surface area contributed by atoms with Gasteiger partial charge in [0, 0.05) is 11.1 Å². The molecule has 3 nitrogen and oxygen atoms in total. The number of ether oxygens (including phenoxy) is 1. The monoisotopic (exact) mass is 260 g/mol. The van der Waals surface area contributed by atoms with Crippen molar-refractivity contribution in [3.63, 3.8) is 0 Å². The predicted molar refractivity (Wildman–Crippen MR) is 73.3 cm³/mol. The number of nitrogens with one attached hydrogen (secondary N) is 1. The lowest BCUT2D eigenvalue weighted by Crippen LogP contribution is -2.30. The molecule has 100 valence electrons. The zero-order valence-corrected chi connectivity index (χ0v) is 11.0. The van der Waals surface area contributed by atoms with Gasteiger partial charge in [-0.3, -0.25) is 5.84 Å². The van der Waals surface area contributed by atoms with Crippen molar-refractivity contribution in [3.05, 3.63) is 65.0 Å². The zero-order chi connectivity index (χ0) is 13.8. The van der Waals surface area contributed by atoms with Crippen LogP contribution in [0.15, 0.2) is 42.5 Å². The number of halogens is 1. The Hall–Kier alpha value is -1.91. The summed E-state index contributed by atoms with van der Waals surface area (Å²) in [7, 11) is 1.59. The maximum atomic E-state index is 13.9. The molecule has 0 saturated heterocycles. The van der Waals surface area contributed by atoms with Crippen molar-refractivity contribution in [2.45, 2.75) is 13.0 Å². The highest BCUT2D eigenvalue weighted by atomic mass is 19.1. The van der Waals surface area contributed by atoms with E-state index in [4.69, 9.17) is 10.6 Å². The van der Waals surface area contributed by atoms with Gasteiger partial charge in [-0.05, 0) is 19.1 Å². The van der Waals surface area contributed by atoms with E-state index < -0.39 is 6.04 Å². The molecule has 3 N–H and O–H groups in total. The summed E-state index contributed by atoms with van der Waals surface area (Å²) < 4.78 is 19.2. The fraction of sp³-hybridized carbons (Fsp3) is 0.200. The van der Waals surface area contributed by atoms with Gasteiger partial charge in [-0.2, -0.15) is 0 Å². The van der Waals surface area contributed by atoms with Crippen LogP contribution in [0.5, 0.6) is 5.75 Å². The van der Waals surface area contributed by atoms with E-state index in [1.165, 1.54) is 6.07 Å². The molecule has 0 aliphatic carbocycles. The zero-order valence-electron chi connectivity index (χ0n) is 11.0. The SMILES string of the molecule is COc1ccc(C)cc1C(NN)c1ccccc1F. The molecule has 0 aliphatic heterocycles. The summed E-state index contributed by atoms with van der Waals surface area (Å²) in [4.78, 5) is 0. The number of nitrogens with two attached hydrogens (primary N) is 1. The largest absolute Gasteiger partial charge is 0.496 e. The topological polar surface area (TPSA) is 47.3 Å². The molecule has 0 amide bonds. The number of rotatable bonds is 4. The quantitative estimate of drug-likeness (QED) is 0.656. The highest BCUT2D eigenvalue weighted by molar-refractivity contribution is 5.44. The van der Waals surface area contributed by atoms with Crippen LogP contribution in [-0.2, 0) is 0 Å². The van der Waals surface area contributed by atoms with Gasteiger partial charge < -0.3 is 4.74 Å². The molecular weight excluding hydrogens is 243 g/mol. The number of benzene rings is 2. The molecule has 0 aromatic heterocycles. The third-order valence-electron chi connectivity index (χ3n) is 3.08. The van der Waals surface area contributed by atoms with Gasteiger partial charge >= 0.3 is 0 Å². The van der Waals surface area contributed by atoms with Crippen molar-refractivity contribution < 1.29 is 9.13 Å². The first-order chi connectivity index (χ1) is 9.17. The summed E-state index contributed by atoms with van der Waals surface area (Å²) >= 11 is 0. The number of aryl methyl sites for hydroxylation is 1. The molecule has 0 radical (unpaired) electrons. The van der Waals surface area contributed by atoms with Crippen LogP contribution < -0.4 is 16.0 Å². The van der Waals surface area contributed by atoms with E-state index in [-0.39, 0.29) is 5.82 Å². The Bertz CT molecular complexity index is 572. The molecular formula is C15H17FN2O. The molecule has 4 heteroatoms. The van der Waals surface area contributed by atoms with E-state index >= 15 is 0 Å². The number of methoxy groups -OCH3 is 1. The highest BCUT2D eigenvalue weighted by Gasteiger charge is 2.19. The number of hydrogen-bond donors (Lipinski definition) is 2. The summed E-state index contributed by atoms with van der Waals surface area (Å²) in [6.45, 7) is 1.97. The van der Waals surface area contributed by atoms with Crippen LogP contribution in [0.1, 0.15) is 22.7 Å². The summed E-state index contributed by atoms with van der Waals surface area (Å²) in [5.74, 6) is 5.99. The van der Waals surface area contributed by atoms with E-state index in [1.807, 2.05) is 25.1 Å². The van der Waals surface area contributed by atoms with Crippen LogP contribution in [0, 0.1) is 12.7 Å². The molecule has 0 fully saturated rings. The smallest absolute Gasteiger partial charge is 0.128 e. The van der Waals surface area contributed by atoms with Gasteiger partial charge in [0.2, 0.25) is 0 Å². The Morgan fingerprint density at radius 3 is 2.53 bits per heavy atom. The third-order valence-corrected chi connectivity index (χ3v) is 3.08. The number of hydrogen-bond acceptors (Lipinski definition) is 3. The minimum absolute atomic E-state index is 0.297. The second-order valence-electron chi connectivity index (χ2n) is 4.37. The molecule has 19 heavy (non-hydrogen) atoms. The first-order valence-electron chi connectivity index (χ1n) is 6.02. The van der Waals surface area contributed by atoms with Gasteiger partial charge in [-0.1, -0.05) is 35.9 Å². The standard InChI is InChI=1S/C15H17FN2O/c1-10-7-8-14(19-2)12(9-10)15(18-17)11-5-3-4-6-13(11)16/h3-9,15,18H,17H2,1-2H3. The van der Waals surface area contributed by atoms with E-state index in [9.17, 15) is 4.39 Å². The fourth-order valence-electron chi connectivity index (χ4n) is 2.14.